The molecule has 6 nitrogen and oxygen atoms in total. The Hall–Kier alpha value is -4.97. The first kappa shape index (κ1) is 25.7. The van der Waals surface area contributed by atoms with Gasteiger partial charge in [-0.25, -0.2) is 0 Å². The molecule has 0 saturated heterocycles. The Balaban J connectivity index is 1.62. The Bertz CT molecular complexity index is 1670. The standard InChI is InChI=1S/C33H29N3O3/c1-21-13-15-26(16-14-21)31-30(33(39-24(4)37)36(35-31)29-12-8-6-10-23(29)3)25-17-19-27(20-18-25)34-32(38)28-11-7-5-9-22(28)2/h5-20H,1-4H3,(H,34,38). The van der Waals surface area contributed by atoms with E-state index in [4.69, 9.17) is 9.84 Å². The highest BCUT2D eigenvalue weighted by molar-refractivity contribution is 6.05. The number of benzene rings is 4. The summed E-state index contributed by atoms with van der Waals surface area (Å²) in [5.74, 6) is -0.276. The maximum absolute atomic E-state index is 12.8. The predicted molar refractivity (Wildman–Crippen MR) is 154 cm³/mol. The SMILES string of the molecule is CC(=O)Oc1c(-c2ccc(NC(=O)c3ccccc3C)cc2)c(-c2ccc(C)cc2)nn1-c1ccccc1C. The van der Waals surface area contributed by atoms with E-state index >= 15 is 0 Å². The molecular formula is C33H29N3O3. The monoisotopic (exact) mass is 515 g/mol. The van der Waals surface area contributed by atoms with Gasteiger partial charge >= 0.3 is 5.97 Å². The zero-order valence-electron chi connectivity index (χ0n) is 22.4. The van der Waals surface area contributed by atoms with Crippen molar-refractivity contribution in [2.75, 3.05) is 5.32 Å². The topological polar surface area (TPSA) is 73.2 Å². The molecule has 5 rings (SSSR count). The van der Waals surface area contributed by atoms with Crippen molar-refractivity contribution in [2.45, 2.75) is 27.7 Å². The lowest BCUT2D eigenvalue weighted by Crippen LogP contribution is -2.13. The van der Waals surface area contributed by atoms with Crippen LogP contribution in [0, 0.1) is 20.8 Å². The van der Waals surface area contributed by atoms with E-state index in [2.05, 4.69) is 5.32 Å². The van der Waals surface area contributed by atoms with E-state index in [-0.39, 0.29) is 5.91 Å². The number of nitrogens with zero attached hydrogens (tertiary/aromatic N) is 2. The number of carbonyl (C=O) groups excluding carboxylic acids is 2. The molecule has 1 amide bonds. The summed E-state index contributed by atoms with van der Waals surface area (Å²) in [4.78, 5) is 25.1. The molecule has 0 fully saturated rings. The lowest BCUT2D eigenvalue weighted by molar-refractivity contribution is -0.132. The zero-order valence-corrected chi connectivity index (χ0v) is 22.4. The van der Waals surface area contributed by atoms with Gasteiger partial charge in [0.25, 0.3) is 5.91 Å². The lowest BCUT2D eigenvalue weighted by atomic mass is 10.00. The van der Waals surface area contributed by atoms with Crippen molar-refractivity contribution >= 4 is 17.6 Å². The number of rotatable bonds is 6. The summed E-state index contributed by atoms with van der Waals surface area (Å²) >= 11 is 0. The van der Waals surface area contributed by atoms with Crippen molar-refractivity contribution in [1.82, 2.24) is 9.78 Å². The first-order valence-electron chi connectivity index (χ1n) is 12.7. The number of nitrogens with one attached hydrogen (secondary N) is 1. The third-order valence-electron chi connectivity index (χ3n) is 6.57. The molecule has 4 aromatic carbocycles. The minimum absolute atomic E-state index is 0.172. The molecule has 0 unspecified atom stereocenters. The van der Waals surface area contributed by atoms with Crippen molar-refractivity contribution in [2.24, 2.45) is 0 Å². The van der Waals surface area contributed by atoms with E-state index in [0.717, 1.165) is 33.5 Å². The molecule has 0 radical (unpaired) electrons. The average Bonchev–Trinajstić information content (AvgIpc) is 3.28. The van der Waals surface area contributed by atoms with Gasteiger partial charge in [0.15, 0.2) is 0 Å². The van der Waals surface area contributed by atoms with Crippen molar-refractivity contribution in [3.8, 4) is 34.0 Å². The zero-order chi connectivity index (χ0) is 27.5. The van der Waals surface area contributed by atoms with Crippen LogP contribution in [-0.2, 0) is 4.79 Å². The van der Waals surface area contributed by atoms with Gasteiger partial charge in [0.2, 0.25) is 5.88 Å². The number of para-hydroxylation sites is 1. The summed E-state index contributed by atoms with van der Waals surface area (Å²) < 4.78 is 7.51. The highest BCUT2D eigenvalue weighted by Crippen LogP contribution is 2.41. The van der Waals surface area contributed by atoms with Gasteiger partial charge in [-0.3, -0.25) is 9.59 Å². The van der Waals surface area contributed by atoms with E-state index in [1.54, 1.807) is 10.7 Å². The quantitative estimate of drug-likeness (QED) is 0.241. The number of aromatic nitrogens is 2. The van der Waals surface area contributed by atoms with Crippen molar-refractivity contribution < 1.29 is 14.3 Å². The van der Waals surface area contributed by atoms with Gasteiger partial charge in [-0.05, 0) is 61.7 Å². The number of carbonyl (C=O) groups is 2. The minimum atomic E-state index is -0.441. The number of ether oxygens (including phenoxy) is 1. The number of hydrogen-bond acceptors (Lipinski definition) is 4. The highest BCUT2D eigenvalue weighted by Gasteiger charge is 2.25. The molecule has 0 aliphatic rings. The Morgan fingerprint density at radius 3 is 2.00 bits per heavy atom. The Labute approximate surface area is 227 Å². The van der Waals surface area contributed by atoms with Crippen LogP contribution >= 0.6 is 0 Å². The number of hydrogen-bond donors (Lipinski definition) is 1. The second-order valence-corrected chi connectivity index (χ2v) is 9.53. The van der Waals surface area contributed by atoms with Gasteiger partial charge in [-0.15, -0.1) is 0 Å². The Morgan fingerprint density at radius 2 is 1.36 bits per heavy atom. The van der Waals surface area contributed by atoms with Crippen LogP contribution in [0.4, 0.5) is 5.69 Å². The van der Waals surface area contributed by atoms with Crippen LogP contribution in [-0.4, -0.2) is 21.7 Å². The molecule has 0 atom stereocenters. The summed E-state index contributed by atoms with van der Waals surface area (Å²) in [6, 6.07) is 30.9. The maximum Gasteiger partial charge on any atom is 0.309 e. The highest BCUT2D eigenvalue weighted by atomic mass is 16.5. The molecule has 1 aromatic heterocycles. The third-order valence-corrected chi connectivity index (χ3v) is 6.57. The molecule has 39 heavy (non-hydrogen) atoms. The van der Waals surface area contributed by atoms with Crippen LogP contribution in [0.1, 0.15) is 34.0 Å². The number of amides is 1. The van der Waals surface area contributed by atoms with Gasteiger partial charge in [-0.1, -0.05) is 78.4 Å². The van der Waals surface area contributed by atoms with Gasteiger partial charge < -0.3 is 10.1 Å². The molecule has 6 heteroatoms. The first-order chi connectivity index (χ1) is 18.8. The Kier molecular flexibility index (Phi) is 7.10. The Morgan fingerprint density at radius 1 is 0.744 bits per heavy atom. The van der Waals surface area contributed by atoms with Crippen LogP contribution in [0.5, 0.6) is 5.88 Å². The fourth-order valence-corrected chi connectivity index (χ4v) is 4.52. The normalized spacial score (nSPS) is 10.8. The number of aryl methyl sites for hydroxylation is 3. The second-order valence-electron chi connectivity index (χ2n) is 9.53. The van der Waals surface area contributed by atoms with Crippen LogP contribution in [0.3, 0.4) is 0 Å². The van der Waals surface area contributed by atoms with Gasteiger partial charge in [0, 0.05) is 23.7 Å². The van der Waals surface area contributed by atoms with Gasteiger partial charge in [0.05, 0.1) is 11.3 Å². The maximum atomic E-state index is 12.8. The smallest absolute Gasteiger partial charge is 0.309 e. The van der Waals surface area contributed by atoms with Crippen LogP contribution in [0.2, 0.25) is 0 Å². The summed E-state index contributed by atoms with van der Waals surface area (Å²) in [7, 11) is 0. The molecule has 0 spiro atoms. The second kappa shape index (κ2) is 10.8. The summed E-state index contributed by atoms with van der Waals surface area (Å²) in [6.45, 7) is 7.32. The average molecular weight is 516 g/mol. The van der Waals surface area contributed by atoms with Gasteiger partial charge in [0.1, 0.15) is 5.69 Å². The summed E-state index contributed by atoms with van der Waals surface area (Å²) in [5.41, 5.74) is 8.20. The molecule has 0 saturated carbocycles. The molecule has 0 bridgehead atoms. The van der Waals surface area contributed by atoms with E-state index < -0.39 is 5.97 Å². The molecule has 0 aliphatic carbocycles. The molecular weight excluding hydrogens is 486 g/mol. The number of anilines is 1. The van der Waals surface area contributed by atoms with Gasteiger partial charge in [-0.2, -0.15) is 9.78 Å². The van der Waals surface area contributed by atoms with Crippen molar-refractivity contribution in [1.29, 1.82) is 0 Å². The van der Waals surface area contributed by atoms with E-state index in [0.29, 0.717) is 28.4 Å². The summed E-state index contributed by atoms with van der Waals surface area (Å²) in [5, 5.41) is 7.93. The van der Waals surface area contributed by atoms with E-state index in [1.165, 1.54) is 6.92 Å². The molecule has 5 aromatic rings. The fourth-order valence-electron chi connectivity index (χ4n) is 4.52. The van der Waals surface area contributed by atoms with Crippen LogP contribution < -0.4 is 10.1 Å². The van der Waals surface area contributed by atoms with Crippen LogP contribution in [0.25, 0.3) is 28.1 Å². The first-order valence-corrected chi connectivity index (χ1v) is 12.7. The van der Waals surface area contributed by atoms with Crippen LogP contribution in [0.15, 0.2) is 97.1 Å². The van der Waals surface area contributed by atoms with Crippen molar-refractivity contribution in [3.63, 3.8) is 0 Å². The number of esters is 1. The minimum Gasteiger partial charge on any atom is -0.407 e. The molecule has 194 valence electrons. The van der Waals surface area contributed by atoms with E-state index in [1.807, 2.05) is 112 Å². The molecule has 1 heterocycles. The lowest BCUT2D eigenvalue weighted by Gasteiger charge is -2.12. The predicted octanol–water partition coefficient (Wildman–Crippen LogP) is 7.31. The van der Waals surface area contributed by atoms with Crippen molar-refractivity contribution in [3.05, 3.63) is 119 Å². The molecule has 0 aliphatic heterocycles. The fraction of sp³-hybridized carbons (Fsp3) is 0.121. The summed E-state index contributed by atoms with van der Waals surface area (Å²) in [6.07, 6.45) is 0. The third kappa shape index (κ3) is 5.36. The largest absolute Gasteiger partial charge is 0.407 e. The van der Waals surface area contributed by atoms with E-state index in [9.17, 15) is 9.59 Å². The molecule has 1 N–H and O–H groups in total.